The van der Waals surface area contributed by atoms with Crippen LogP contribution in [0.15, 0.2) is 42.5 Å². The van der Waals surface area contributed by atoms with Crippen LogP contribution < -0.4 is 16.4 Å². The molecule has 1 saturated carbocycles. The fourth-order valence-corrected chi connectivity index (χ4v) is 4.76. The molecule has 1 fully saturated rings. The van der Waals surface area contributed by atoms with Gasteiger partial charge < -0.3 is 21.3 Å². The maximum absolute atomic E-state index is 14.6. The lowest BCUT2D eigenvalue weighted by Gasteiger charge is -2.27. The summed E-state index contributed by atoms with van der Waals surface area (Å²) in [6.07, 6.45) is 4.04. The number of carbonyl (C=O) groups excluding carboxylic acids is 3. The van der Waals surface area contributed by atoms with E-state index in [1.807, 2.05) is 13.8 Å². The van der Waals surface area contributed by atoms with E-state index in [0.29, 0.717) is 31.1 Å². The number of amides is 3. The van der Waals surface area contributed by atoms with Crippen LogP contribution in [-0.4, -0.2) is 54.3 Å². The molecule has 0 radical (unpaired) electrons. The number of benzene rings is 2. The normalized spacial score (nSPS) is 15.2. The first-order chi connectivity index (χ1) is 19.1. The zero-order valence-electron chi connectivity index (χ0n) is 23.7. The van der Waals surface area contributed by atoms with Gasteiger partial charge >= 0.3 is 0 Å². The summed E-state index contributed by atoms with van der Waals surface area (Å²) >= 11 is 0. The monoisotopic (exact) mass is 556 g/mol. The van der Waals surface area contributed by atoms with Crippen molar-refractivity contribution < 1.29 is 23.2 Å². The zero-order chi connectivity index (χ0) is 29.2. The molecule has 0 heterocycles. The maximum Gasteiger partial charge on any atom is 0.253 e. The van der Waals surface area contributed by atoms with Gasteiger partial charge in [-0.25, -0.2) is 8.78 Å². The third-order valence-corrected chi connectivity index (χ3v) is 7.29. The molecule has 0 spiro atoms. The third-order valence-electron chi connectivity index (χ3n) is 7.29. The Bertz CT molecular complexity index is 1170. The van der Waals surface area contributed by atoms with Gasteiger partial charge in [0.1, 0.15) is 0 Å². The Kier molecular flexibility index (Phi) is 11.6. The lowest BCUT2D eigenvalue weighted by molar-refractivity contribution is -0.124. The number of nitrogens with zero attached hydrogens (tertiary/aromatic N) is 1. The molecule has 40 heavy (non-hydrogen) atoms. The van der Waals surface area contributed by atoms with Gasteiger partial charge in [-0.2, -0.15) is 0 Å². The molecule has 0 aliphatic heterocycles. The third kappa shape index (κ3) is 8.84. The molecule has 0 unspecified atom stereocenters. The van der Waals surface area contributed by atoms with Crippen LogP contribution in [0.1, 0.15) is 79.2 Å². The Morgan fingerprint density at radius 3 is 2.33 bits per heavy atom. The van der Waals surface area contributed by atoms with Gasteiger partial charge in [0.25, 0.3) is 11.8 Å². The Balaban J connectivity index is 1.78. The van der Waals surface area contributed by atoms with E-state index >= 15 is 0 Å². The van der Waals surface area contributed by atoms with Gasteiger partial charge in [0, 0.05) is 48.8 Å². The van der Waals surface area contributed by atoms with Gasteiger partial charge in [-0.3, -0.25) is 14.4 Å². The summed E-state index contributed by atoms with van der Waals surface area (Å²) in [6, 6.07) is 8.81. The number of halogens is 2. The van der Waals surface area contributed by atoms with E-state index in [4.69, 9.17) is 5.73 Å². The van der Waals surface area contributed by atoms with Crippen LogP contribution in [0, 0.1) is 23.5 Å². The second kappa shape index (κ2) is 14.9. The minimum Gasteiger partial charge on any atom is -0.356 e. The average Bonchev–Trinajstić information content (AvgIpc) is 3.77. The molecule has 3 atom stereocenters. The van der Waals surface area contributed by atoms with Crippen molar-refractivity contribution in [2.75, 3.05) is 19.6 Å². The van der Waals surface area contributed by atoms with Crippen molar-refractivity contribution in [2.24, 2.45) is 17.6 Å². The Labute approximate surface area is 235 Å². The maximum atomic E-state index is 14.6. The van der Waals surface area contributed by atoms with Gasteiger partial charge in [-0.1, -0.05) is 39.0 Å². The molecule has 2 aromatic rings. The molecule has 0 aromatic heterocycles. The highest BCUT2D eigenvalue weighted by molar-refractivity contribution is 5.99. The van der Waals surface area contributed by atoms with E-state index in [1.54, 1.807) is 30.0 Å². The fourth-order valence-electron chi connectivity index (χ4n) is 4.76. The van der Waals surface area contributed by atoms with Crippen molar-refractivity contribution in [1.29, 1.82) is 0 Å². The van der Waals surface area contributed by atoms with Gasteiger partial charge in [0.15, 0.2) is 11.6 Å². The summed E-state index contributed by atoms with van der Waals surface area (Å²) in [5.74, 6) is -2.65. The number of carbonyl (C=O) groups is 3. The molecule has 1 aliphatic carbocycles. The van der Waals surface area contributed by atoms with Gasteiger partial charge in [-0.15, -0.1) is 0 Å². The number of nitrogens with two attached hydrogens (primary N) is 1. The Morgan fingerprint density at radius 1 is 1.02 bits per heavy atom. The van der Waals surface area contributed by atoms with Crippen LogP contribution in [-0.2, 0) is 11.2 Å². The van der Waals surface area contributed by atoms with Crippen LogP contribution in [0.25, 0.3) is 0 Å². The lowest BCUT2D eigenvalue weighted by atomic mass is 9.91. The molecule has 218 valence electrons. The molecule has 7 nitrogen and oxygen atoms in total. The molecule has 3 rings (SSSR count). The van der Waals surface area contributed by atoms with Crippen molar-refractivity contribution in [3.05, 3.63) is 70.8 Å². The highest BCUT2D eigenvalue weighted by Gasteiger charge is 2.28. The molecular formula is C31H42F2N4O3. The van der Waals surface area contributed by atoms with Crippen LogP contribution in [0.3, 0.4) is 0 Å². The molecule has 0 saturated heterocycles. The first-order valence-electron chi connectivity index (χ1n) is 14.3. The largest absolute Gasteiger partial charge is 0.356 e. The quantitative estimate of drug-likeness (QED) is 0.302. The first-order valence-corrected chi connectivity index (χ1v) is 14.3. The van der Waals surface area contributed by atoms with Crippen molar-refractivity contribution in [2.45, 2.75) is 71.4 Å². The summed E-state index contributed by atoms with van der Waals surface area (Å²) in [5, 5.41) is 5.81. The van der Waals surface area contributed by atoms with E-state index in [0.717, 1.165) is 31.7 Å². The molecule has 3 amide bonds. The smallest absolute Gasteiger partial charge is 0.253 e. The van der Waals surface area contributed by atoms with E-state index in [-0.39, 0.29) is 35.8 Å². The van der Waals surface area contributed by atoms with E-state index in [9.17, 15) is 23.2 Å². The zero-order valence-corrected chi connectivity index (χ0v) is 23.7. The molecule has 0 bridgehead atoms. The lowest BCUT2D eigenvalue weighted by Crippen LogP contribution is -2.50. The van der Waals surface area contributed by atoms with Crippen molar-refractivity contribution in [3.8, 4) is 0 Å². The second-order valence-corrected chi connectivity index (χ2v) is 10.9. The van der Waals surface area contributed by atoms with Gasteiger partial charge in [-0.05, 0) is 74.3 Å². The van der Waals surface area contributed by atoms with Crippen LogP contribution in [0.4, 0.5) is 8.78 Å². The number of hydrogen-bond donors (Lipinski definition) is 3. The average molecular weight is 557 g/mol. The molecular weight excluding hydrogens is 514 g/mol. The molecule has 9 heteroatoms. The van der Waals surface area contributed by atoms with Crippen molar-refractivity contribution >= 4 is 17.7 Å². The first kappa shape index (κ1) is 31.2. The van der Waals surface area contributed by atoms with Crippen LogP contribution >= 0.6 is 0 Å². The number of nitrogens with one attached hydrogen (secondary N) is 2. The predicted molar refractivity (Wildman–Crippen MR) is 152 cm³/mol. The molecule has 2 aromatic carbocycles. The summed E-state index contributed by atoms with van der Waals surface area (Å²) < 4.78 is 28.5. The minimum atomic E-state index is -0.997. The minimum absolute atomic E-state index is 0.0632. The number of hydrogen-bond acceptors (Lipinski definition) is 4. The number of rotatable bonds is 15. The topological polar surface area (TPSA) is 105 Å². The van der Waals surface area contributed by atoms with Gasteiger partial charge in [0.2, 0.25) is 5.91 Å². The Hall–Kier alpha value is -3.33. The highest BCUT2D eigenvalue weighted by Crippen LogP contribution is 2.27. The molecule has 4 N–H and O–H groups in total. The predicted octanol–water partition coefficient (Wildman–Crippen LogP) is 4.45. The van der Waals surface area contributed by atoms with Crippen LogP contribution in [0.5, 0.6) is 0 Å². The van der Waals surface area contributed by atoms with Crippen molar-refractivity contribution in [3.63, 3.8) is 0 Å². The second-order valence-electron chi connectivity index (χ2n) is 10.9. The summed E-state index contributed by atoms with van der Waals surface area (Å²) in [4.78, 5) is 40.8. The van der Waals surface area contributed by atoms with E-state index in [2.05, 4.69) is 10.6 Å². The molecule has 1 aliphatic rings. The summed E-state index contributed by atoms with van der Waals surface area (Å²) in [6.45, 7) is 7.63. The van der Waals surface area contributed by atoms with E-state index in [1.165, 1.54) is 18.2 Å². The van der Waals surface area contributed by atoms with Gasteiger partial charge in [0.05, 0.1) is 0 Å². The standard InChI is InChI=1S/C31H42F2N4O3/c1-4-14-37(15-5-2)31(40)24-10-6-9-23(17-24)30(39)36-27(18-22-8-7-11-25(32)28(22)33)26(34)16-20(3)29(38)35-19-21-12-13-21/h6-11,17,20-21,26-27H,4-5,12-16,18-19,34H2,1-3H3,(H,35,38)(H,36,39)/t20-,26+,27+/m1/s1. The Morgan fingerprint density at radius 2 is 1.68 bits per heavy atom. The summed E-state index contributed by atoms with van der Waals surface area (Å²) in [7, 11) is 0. The summed E-state index contributed by atoms with van der Waals surface area (Å²) in [5.41, 5.74) is 7.23. The van der Waals surface area contributed by atoms with E-state index < -0.39 is 35.5 Å². The van der Waals surface area contributed by atoms with Crippen LogP contribution in [0.2, 0.25) is 0 Å². The fraction of sp³-hybridized carbons (Fsp3) is 0.516. The SMILES string of the molecule is CCCN(CCC)C(=O)c1cccc(C(=O)N[C@@H](Cc2cccc(F)c2F)[C@@H](N)C[C@@H](C)C(=O)NCC2CC2)c1. The highest BCUT2D eigenvalue weighted by atomic mass is 19.2. The van der Waals surface area contributed by atoms with Crippen molar-refractivity contribution in [1.82, 2.24) is 15.5 Å².